The van der Waals surface area contributed by atoms with Crippen LogP contribution >= 0.6 is 11.8 Å². The molecule has 0 aromatic carbocycles. The van der Waals surface area contributed by atoms with E-state index in [4.69, 9.17) is 9.47 Å². The lowest BCUT2D eigenvalue weighted by atomic mass is 10.2. The van der Waals surface area contributed by atoms with Crippen molar-refractivity contribution in [1.29, 1.82) is 0 Å². The summed E-state index contributed by atoms with van der Waals surface area (Å²) in [6.07, 6.45) is -0.0666. The summed E-state index contributed by atoms with van der Waals surface area (Å²) < 4.78 is 35.4. The number of ether oxygens (including phenoxy) is 2. The van der Waals surface area contributed by atoms with E-state index in [2.05, 4.69) is 6.58 Å². The van der Waals surface area contributed by atoms with Gasteiger partial charge in [0.1, 0.15) is 6.61 Å². The van der Waals surface area contributed by atoms with E-state index in [1.807, 2.05) is 0 Å². The maximum Gasteiger partial charge on any atom is 0.349 e. The number of hydrogen-bond donors (Lipinski definition) is 0. The van der Waals surface area contributed by atoms with Crippen molar-refractivity contribution in [2.24, 2.45) is 5.92 Å². The van der Waals surface area contributed by atoms with E-state index in [-0.39, 0.29) is 24.0 Å². The molecule has 0 radical (unpaired) electrons. The van der Waals surface area contributed by atoms with Gasteiger partial charge in [-0.25, -0.2) is 17.5 Å². The van der Waals surface area contributed by atoms with Gasteiger partial charge in [-0.1, -0.05) is 31.3 Å². The summed E-state index contributed by atoms with van der Waals surface area (Å²) in [5.41, 5.74) is 0. The number of carbonyl (C=O) groups excluding carboxylic acids is 3. The number of thioether (sulfide) groups is 1. The molecule has 0 aliphatic carbocycles. The highest BCUT2D eigenvalue weighted by atomic mass is 32.2. The first-order chi connectivity index (χ1) is 11.9. The van der Waals surface area contributed by atoms with E-state index < -0.39 is 39.2 Å². The molecule has 0 amide bonds. The van der Waals surface area contributed by atoms with E-state index in [0.29, 0.717) is 0 Å². The molecule has 0 unspecified atom stereocenters. The molecule has 0 rings (SSSR count). The lowest BCUT2D eigenvalue weighted by Crippen LogP contribution is -2.44. The van der Waals surface area contributed by atoms with Crippen molar-refractivity contribution in [1.82, 2.24) is 4.31 Å². The van der Waals surface area contributed by atoms with Gasteiger partial charge >= 0.3 is 11.9 Å². The Labute approximate surface area is 159 Å². The maximum atomic E-state index is 12.2. The van der Waals surface area contributed by atoms with Gasteiger partial charge < -0.3 is 9.47 Å². The second kappa shape index (κ2) is 11.3. The average molecular weight is 410 g/mol. The van der Waals surface area contributed by atoms with Crippen molar-refractivity contribution in [3.05, 3.63) is 12.7 Å². The fourth-order valence-electron chi connectivity index (χ4n) is 1.66. The van der Waals surface area contributed by atoms with Gasteiger partial charge in [0.05, 0.1) is 17.7 Å². The van der Waals surface area contributed by atoms with Crippen LogP contribution in [0.3, 0.4) is 0 Å². The van der Waals surface area contributed by atoms with Crippen molar-refractivity contribution in [2.75, 3.05) is 26.0 Å². The Balaban J connectivity index is 5.17. The van der Waals surface area contributed by atoms with Gasteiger partial charge in [-0.3, -0.25) is 9.59 Å². The molecule has 2 atom stereocenters. The monoisotopic (exact) mass is 409 g/mol. The van der Waals surface area contributed by atoms with Crippen molar-refractivity contribution in [3.8, 4) is 0 Å². The van der Waals surface area contributed by atoms with Crippen molar-refractivity contribution in [2.45, 2.75) is 39.0 Å². The lowest BCUT2D eigenvalue weighted by molar-refractivity contribution is -0.169. The van der Waals surface area contributed by atoms with Gasteiger partial charge in [-0.05, 0) is 13.8 Å². The quantitative estimate of drug-likeness (QED) is 0.370. The lowest BCUT2D eigenvalue weighted by Gasteiger charge is -2.25. The van der Waals surface area contributed by atoms with Crippen LogP contribution in [0, 0.1) is 5.92 Å². The highest BCUT2D eigenvalue weighted by Gasteiger charge is 2.32. The number of sulfonamides is 1. The molecule has 0 aliphatic rings. The molecule has 8 nitrogen and oxygen atoms in total. The van der Waals surface area contributed by atoms with Crippen LogP contribution in [0.25, 0.3) is 0 Å². The minimum absolute atomic E-state index is 0.0940. The molecule has 0 aliphatic heterocycles. The van der Waals surface area contributed by atoms with Crippen LogP contribution < -0.4 is 0 Å². The molecular formula is C16H27NO7S2. The summed E-state index contributed by atoms with van der Waals surface area (Å²) in [4.78, 5) is 35.3. The van der Waals surface area contributed by atoms with E-state index in [1.54, 1.807) is 6.92 Å². The third-order valence-corrected chi connectivity index (χ3v) is 6.54. The molecular weight excluding hydrogens is 382 g/mol. The van der Waals surface area contributed by atoms with Gasteiger partial charge in [0.2, 0.25) is 16.1 Å². The predicted octanol–water partition coefficient (Wildman–Crippen LogP) is 1.21. The number of carbonyl (C=O) groups is 3. The Hall–Kier alpha value is -1.39. The summed E-state index contributed by atoms with van der Waals surface area (Å²) >= 11 is 0.964. The fraction of sp³-hybridized carbons (Fsp3) is 0.688. The summed E-state index contributed by atoms with van der Waals surface area (Å²) in [5.74, 6) is -2.03. The van der Waals surface area contributed by atoms with Crippen LogP contribution in [0.15, 0.2) is 12.7 Å². The standard InChI is InChI=1S/C16H27NO7S2/c1-7-8-23-16(20)14(9-17(6)26(21,22)11(2)3)24-15(19)12(4)10-25-13(5)18/h7,11-12,14H,1,8-10H2,2-6H3/t12-,14+/m1/s1. The van der Waals surface area contributed by atoms with Gasteiger partial charge in [0.15, 0.2) is 5.12 Å². The van der Waals surface area contributed by atoms with Crippen molar-refractivity contribution < 1.29 is 32.3 Å². The zero-order valence-corrected chi connectivity index (χ0v) is 17.4. The molecule has 0 fully saturated rings. The molecule has 0 aromatic heterocycles. The van der Waals surface area contributed by atoms with Crippen molar-refractivity contribution in [3.63, 3.8) is 0 Å². The highest BCUT2D eigenvalue weighted by Crippen LogP contribution is 2.14. The average Bonchev–Trinajstić information content (AvgIpc) is 2.56. The van der Waals surface area contributed by atoms with E-state index in [1.165, 1.54) is 33.9 Å². The minimum atomic E-state index is -3.64. The molecule has 0 aromatic rings. The van der Waals surface area contributed by atoms with Gasteiger partial charge in [0, 0.05) is 19.7 Å². The number of esters is 2. The number of hydrogen-bond acceptors (Lipinski definition) is 8. The largest absolute Gasteiger partial charge is 0.459 e. The van der Waals surface area contributed by atoms with E-state index in [0.717, 1.165) is 16.1 Å². The second-order valence-corrected chi connectivity index (χ2v) is 9.72. The Morgan fingerprint density at radius 2 is 1.77 bits per heavy atom. The number of likely N-dealkylation sites (N-methyl/N-ethyl adjacent to an activating group) is 1. The van der Waals surface area contributed by atoms with Crippen LogP contribution in [0.5, 0.6) is 0 Å². The molecule has 26 heavy (non-hydrogen) atoms. The van der Waals surface area contributed by atoms with Crippen LogP contribution in [0.4, 0.5) is 0 Å². The van der Waals surface area contributed by atoms with Crippen LogP contribution in [-0.4, -0.2) is 67.1 Å². The number of rotatable bonds is 11. The smallest absolute Gasteiger partial charge is 0.349 e. The normalized spacial score (nSPS) is 14.0. The molecule has 0 saturated heterocycles. The molecule has 10 heteroatoms. The third-order valence-electron chi connectivity index (χ3n) is 3.26. The molecule has 0 bridgehead atoms. The van der Waals surface area contributed by atoms with Gasteiger partial charge in [0.25, 0.3) is 0 Å². The zero-order valence-electron chi connectivity index (χ0n) is 15.8. The number of nitrogens with zero attached hydrogens (tertiary/aromatic N) is 1. The Morgan fingerprint density at radius 1 is 1.19 bits per heavy atom. The summed E-state index contributed by atoms with van der Waals surface area (Å²) in [6.45, 7) is 8.90. The van der Waals surface area contributed by atoms with Crippen LogP contribution in [0.2, 0.25) is 0 Å². The first-order valence-electron chi connectivity index (χ1n) is 8.00. The Morgan fingerprint density at radius 3 is 2.23 bits per heavy atom. The van der Waals surface area contributed by atoms with Crippen LogP contribution in [-0.2, 0) is 33.9 Å². The molecule has 150 valence electrons. The SMILES string of the molecule is C=CCOC(=O)[C@H](CN(C)S(=O)(=O)C(C)C)OC(=O)[C@H](C)CSC(C)=O. The predicted molar refractivity (Wildman–Crippen MR) is 100 cm³/mol. The van der Waals surface area contributed by atoms with E-state index in [9.17, 15) is 22.8 Å². The van der Waals surface area contributed by atoms with Crippen molar-refractivity contribution >= 4 is 38.8 Å². The molecule has 0 N–H and O–H groups in total. The summed E-state index contributed by atoms with van der Waals surface area (Å²) in [6, 6.07) is 0. The third kappa shape index (κ3) is 8.33. The Bertz CT molecular complexity index is 616. The first kappa shape index (κ1) is 24.6. The van der Waals surface area contributed by atoms with Crippen LogP contribution in [0.1, 0.15) is 27.7 Å². The second-order valence-electron chi connectivity index (χ2n) is 5.92. The minimum Gasteiger partial charge on any atom is -0.459 e. The van der Waals surface area contributed by atoms with Gasteiger partial charge in [-0.2, -0.15) is 0 Å². The molecule has 0 saturated carbocycles. The zero-order chi connectivity index (χ0) is 20.5. The summed E-state index contributed by atoms with van der Waals surface area (Å²) in [5, 5.41) is -0.840. The molecule has 0 heterocycles. The summed E-state index contributed by atoms with van der Waals surface area (Å²) in [7, 11) is -2.34. The maximum absolute atomic E-state index is 12.2. The van der Waals surface area contributed by atoms with Gasteiger partial charge in [-0.15, -0.1) is 0 Å². The first-order valence-corrected chi connectivity index (χ1v) is 10.5. The highest BCUT2D eigenvalue weighted by molar-refractivity contribution is 8.13. The molecule has 0 spiro atoms. The van der Waals surface area contributed by atoms with E-state index >= 15 is 0 Å². The Kier molecular flexibility index (Phi) is 10.7. The fourth-order valence-corrected chi connectivity index (χ4v) is 3.34. The topological polar surface area (TPSA) is 107 Å².